The Morgan fingerprint density at radius 3 is 2.79 bits per heavy atom. The second-order valence-electron chi connectivity index (χ2n) is 5.64. The number of hydrogen-bond acceptors (Lipinski definition) is 5. The van der Waals surface area contributed by atoms with Gasteiger partial charge in [0.1, 0.15) is 17.3 Å². The van der Waals surface area contributed by atoms with Crippen LogP contribution in [0.2, 0.25) is 0 Å². The summed E-state index contributed by atoms with van der Waals surface area (Å²) in [6.45, 7) is 4.89. The second-order valence-corrected chi connectivity index (χ2v) is 5.64. The lowest BCUT2D eigenvalue weighted by Gasteiger charge is -2.27. The highest BCUT2D eigenvalue weighted by Crippen LogP contribution is 2.25. The summed E-state index contributed by atoms with van der Waals surface area (Å²) in [4.78, 5) is 19.2. The van der Waals surface area contributed by atoms with E-state index in [4.69, 9.17) is 9.47 Å². The molecule has 1 aliphatic heterocycles. The number of nitrogens with zero attached hydrogens (tertiary/aromatic N) is 2. The van der Waals surface area contributed by atoms with Gasteiger partial charge in [0, 0.05) is 13.1 Å². The molecule has 0 saturated carbocycles. The predicted octanol–water partition coefficient (Wildman–Crippen LogP) is 2.49. The van der Waals surface area contributed by atoms with Crippen LogP contribution >= 0.6 is 0 Å². The molecular formula is C18H21N3O3. The van der Waals surface area contributed by atoms with Crippen LogP contribution in [0.3, 0.4) is 0 Å². The van der Waals surface area contributed by atoms with Crippen LogP contribution in [0.15, 0.2) is 36.4 Å². The number of carbonyl (C=O) groups excluding carboxylic acids is 1. The van der Waals surface area contributed by atoms with E-state index in [0.29, 0.717) is 30.3 Å². The van der Waals surface area contributed by atoms with E-state index in [1.807, 2.05) is 37.3 Å². The third-order valence-electron chi connectivity index (χ3n) is 3.91. The van der Waals surface area contributed by atoms with Gasteiger partial charge < -0.3 is 19.7 Å². The van der Waals surface area contributed by atoms with Gasteiger partial charge in [-0.3, -0.25) is 4.79 Å². The molecule has 1 aliphatic rings. The third kappa shape index (κ3) is 3.65. The first-order valence-electron chi connectivity index (χ1n) is 7.93. The van der Waals surface area contributed by atoms with Gasteiger partial charge in [0.05, 0.1) is 26.0 Å². The van der Waals surface area contributed by atoms with E-state index in [9.17, 15) is 4.79 Å². The van der Waals surface area contributed by atoms with E-state index in [-0.39, 0.29) is 5.91 Å². The summed E-state index contributed by atoms with van der Waals surface area (Å²) in [5.74, 6) is 1.16. The van der Waals surface area contributed by atoms with Crippen molar-refractivity contribution in [3.63, 3.8) is 0 Å². The van der Waals surface area contributed by atoms with Gasteiger partial charge >= 0.3 is 0 Å². The minimum Gasteiger partial charge on any atom is -0.495 e. The molecule has 2 aromatic rings. The summed E-state index contributed by atoms with van der Waals surface area (Å²) in [7, 11) is 1.58. The van der Waals surface area contributed by atoms with E-state index in [2.05, 4.69) is 15.2 Å². The number of carbonyl (C=O) groups is 1. The molecule has 0 aliphatic carbocycles. The molecule has 6 heteroatoms. The lowest BCUT2D eigenvalue weighted by molar-refractivity contribution is 0.102. The Morgan fingerprint density at radius 2 is 2.04 bits per heavy atom. The molecular weight excluding hydrogens is 306 g/mol. The molecule has 6 nitrogen and oxygen atoms in total. The number of ether oxygens (including phenoxy) is 2. The van der Waals surface area contributed by atoms with Crippen LogP contribution in [-0.2, 0) is 4.74 Å². The van der Waals surface area contributed by atoms with Crippen molar-refractivity contribution in [3.05, 3.63) is 47.7 Å². The van der Waals surface area contributed by atoms with Crippen LogP contribution in [0, 0.1) is 6.92 Å². The molecule has 1 fully saturated rings. The molecule has 1 N–H and O–H groups in total. The number of anilines is 2. The zero-order valence-electron chi connectivity index (χ0n) is 13.9. The first kappa shape index (κ1) is 16.3. The molecule has 1 aromatic heterocycles. The number of aromatic nitrogens is 1. The highest BCUT2D eigenvalue weighted by molar-refractivity contribution is 6.04. The normalized spacial score (nSPS) is 14.3. The van der Waals surface area contributed by atoms with Gasteiger partial charge in [-0.25, -0.2) is 4.98 Å². The van der Waals surface area contributed by atoms with E-state index >= 15 is 0 Å². The van der Waals surface area contributed by atoms with Crippen molar-refractivity contribution >= 4 is 17.4 Å². The minimum atomic E-state index is -0.256. The van der Waals surface area contributed by atoms with Crippen molar-refractivity contribution < 1.29 is 14.3 Å². The van der Waals surface area contributed by atoms with Gasteiger partial charge in [0.2, 0.25) is 0 Å². The van der Waals surface area contributed by atoms with Crippen LogP contribution in [0.4, 0.5) is 11.5 Å². The lowest BCUT2D eigenvalue weighted by Crippen LogP contribution is -2.37. The fourth-order valence-corrected chi connectivity index (χ4v) is 2.62. The molecule has 2 heterocycles. The molecule has 24 heavy (non-hydrogen) atoms. The van der Waals surface area contributed by atoms with Crippen LogP contribution in [-0.4, -0.2) is 44.3 Å². The predicted molar refractivity (Wildman–Crippen MR) is 93.0 cm³/mol. The molecule has 126 valence electrons. The first-order chi connectivity index (χ1) is 11.7. The van der Waals surface area contributed by atoms with E-state index in [1.165, 1.54) is 0 Å². The summed E-state index contributed by atoms with van der Waals surface area (Å²) in [6.07, 6.45) is 0. The van der Waals surface area contributed by atoms with Gasteiger partial charge in [-0.15, -0.1) is 0 Å². The first-order valence-corrected chi connectivity index (χ1v) is 7.93. The standard InChI is InChI=1S/C18H21N3O3/c1-13-6-7-16(23-2)15(12-13)20-18(22)14-4-3-5-17(19-14)21-8-10-24-11-9-21/h3-7,12H,8-11H2,1-2H3,(H,20,22). The SMILES string of the molecule is COc1ccc(C)cc1NC(=O)c1cccc(N2CCOCC2)n1. The Morgan fingerprint density at radius 1 is 1.25 bits per heavy atom. The summed E-state index contributed by atoms with van der Waals surface area (Å²) in [5, 5.41) is 2.88. The highest BCUT2D eigenvalue weighted by atomic mass is 16.5. The molecule has 1 saturated heterocycles. The Balaban J connectivity index is 1.79. The third-order valence-corrected chi connectivity index (χ3v) is 3.91. The zero-order valence-corrected chi connectivity index (χ0v) is 13.9. The van der Waals surface area contributed by atoms with Crippen LogP contribution in [0.25, 0.3) is 0 Å². The van der Waals surface area contributed by atoms with Gasteiger partial charge in [0.15, 0.2) is 0 Å². The molecule has 0 spiro atoms. The van der Waals surface area contributed by atoms with Crippen molar-refractivity contribution in [2.75, 3.05) is 43.6 Å². The van der Waals surface area contributed by atoms with Gasteiger partial charge in [-0.05, 0) is 36.8 Å². The fraction of sp³-hybridized carbons (Fsp3) is 0.333. The highest BCUT2D eigenvalue weighted by Gasteiger charge is 2.16. The maximum Gasteiger partial charge on any atom is 0.274 e. The van der Waals surface area contributed by atoms with E-state index in [0.717, 1.165) is 24.5 Å². The molecule has 0 radical (unpaired) electrons. The Bertz CT molecular complexity index is 727. The van der Waals surface area contributed by atoms with Crippen molar-refractivity contribution in [2.24, 2.45) is 0 Å². The fourth-order valence-electron chi connectivity index (χ4n) is 2.62. The number of aryl methyl sites for hydroxylation is 1. The average Bonchev–Trinajstić information content (AvgIpc) is 2.63. The molecule has 0 atom stereocenters. The van der Waals surface area contributed by atoms with E-state index in [1.54, 1.807) is 13.2 Å². The molecule has 3 rings (SSSR count). The number of methoxy groups -OCH3 is 1. The lowest BCUT2D eigenvalue weighted by atomic mass is 10.2. The number of morpholine rings is 1. The van der Waals surface area contributed by atoms with Gasteiger partial charge in [-0.1, -0.05) is 12.1 Å². The Labute approximate surface area is 141 Å². The van der Waals surface area contributed by atoms with Crippen LogP contribution < -0.4 is 15.0 Å². The topological polar surface area (TPSA) is 63.7 Å². The zero-order chi connectivity index (χ0) is 16.9. The number of amides is 1. The van der Waals surface area contributed by atoms with Crippen molar-refractivity contribution in [1.82, 2.24) is 4.98 Å². The quantitative estimate of drug-likeness (QED) is 0.935. The Kier molecular flexibility index (Phi) is 4.96. The second kappa shape index (κ2) is 7.31. The summed E-state index contributed by atoms with van der Waals surface area (Å²) in [5.41, 5.74) is 2.06. The summed E-state index contributed by atoms with van der Waals surface area (Å²) < 4.78 is 10.7. The minimum absolute atomic E-state index is 0.256. The monoisotopic (exact) mass is 327 g/mol. The van der Waals surface area contributed by atoms with Gasteiger partial charge in [-0.2, -0.15) is 0 Å². The van der Waals surface area contributed by atoms with Crippen molar-refractivity contribution in [1.29, 1.82) is 0 Å². The van der Waals surface area contributed by atoms with E-state index < -0.39 is 0 Å². The maximum absolute atomic E-state index is 12.6. The Hall–Kier alpha value is -2.60. The van der Waals surface area contributed by atoms with Crippen LogP contribution in [0.5, 0.6) is 5.75 Å². The molecule has 0 bridgehead atoms. The number of pyridine rings is 1. The number of hydrogen-bond donors (Lipinski definition) is 1. The number of rotatable bonds is 4. The smallest absolute Gasteiger partial charge is 0.274 e. The maximum atomic E-state index is 12.6. The molecule has 1 amide bonds. The molecule has 1 aromatic carbocycles. The van der Waals surface area contributed by atoms with Crippen molar-refractivity contribution in [2.45, 2.75) is 6.92 Å². The summed E-state index contributed by atoms with van der Waals surface area (Å²) in [6, 6.07) is 11.1. The van der Waals surface area contributed by atoms with Gasteiger partial charge in [0.25, 0.3) is 5.91 Å². The number of benzene rings is 1. The average molecular weight is 327 g/mol. The van der Waals surface area contributed by atoms with Crippen LogP contribution in [0.1, 0.15) is 16.1 Å². The summed E-state index contributed by atoms with van der Waals surface area (Å²) >= 11 is 0. The molecule has 0 unspecified atom stereocenters. The number of nitrogens with one attached hydrogen (secondary N) is 1. The largest absolute Gasteiger partial charge is 0.495 e. The van der Waals surface area contributed by atoms with Crippen molar-refractivity contribution in [3.8, 4) is 5.75 Å².